The molecule has 1 heterocycles. The third-order valence-corrected chi connectivity index (χ3v) is 11.9. The molecule has 3 aromatic rings. The summed E-state index contributed by atoms with van der Waals surface area (Å²) in [5.41, 5.74) is 2.79. The van der Waals surface area contributed by atoms with Crippen molar-refractivity contribution in [2.45, 2.75) is 69.2 Å². The molecular weight excluding hydrogens is 829 g/mol. The van der Waals surface area contributed by atoms with Crippen molar-refractivity contribution < 1.29 is 58.4 Å². The van der Waals surface area contributed by atoms with Crippen LogP contribution in [0.15, 0.2) is 102 Å². The molecule has 17 heteroatoms. The standard InChI is InChI=1S/C47H58N4O13/c1-3-25-61-47-42(50(21-26-60-27-24-54)46(56)63-35-17-15-34(16-18-35)51(57)58)30-40(49-59-2)38-28-33(13-7-9-22-52)37(14-8-10-23-53)43(44(38)47)39-29-36(19-20-41(39)64-47)62-45(55)48-31-32-11-5-4-6-12-32/h3-6,11-12,15-20,28-29,33,37,42-44,52-54H,1,7-10,13-14,21-27,30-31H2,2H3,(H,48,55). The molecule has 0 radical (unpaired) electrons. The first-order valence-electron chi connectivity index (χ1n) is 21.7. The van der Waals surface area contributed by atoms with Crippen molar-refractivity contribution in [1.82, 2.24) is 10.2 Å². The number of oxime groups is 1. The van der Waals surface area contributed by atoms with Crippen LogP contribution in [-0.2, 0) is 20.9 Å². The lowest BCUT2D eigenvalue weighted by atomic mass is 9.55. The van der Waals surface area contributed by atoms with Gasteiger partial charge in [0, 0.05) is 56.3 Å². The number of aliphatic hydroxyl groups excluding tert-OH is 3. The molecule has 0 spiro atoms. The number of hydrogen-bond acceptors (Lipinski definition) is 14. The zero-order chi connectivity index (χ0) is 45.5. The van der Waals surface area contributed by atoms with Crippen LogP contribution in [0.3, 0.4) is 0 Å². The second-order valence-electron chi connectivity index (χ2n) is 15.8. The Hall–Kier alpha value is -5.85. The van der Waals surface area contributed by atoms with Gasteiger partial charge in [-0.3, -0.25) is 15.0 Å². The predicted molar refractivity (Wildman–Crippen MR) is 235 cm³/mol. The number of aliphatic hydroxyl groups is 3. The van der Waals surface area contributed by atoms with Crippen molar-refractivity contribution in [3.05, 3.63) is 118 Å². The number of ether oxygens (including phenoxy) is 5. The second-order valence-corrected chi connectivity index (χ2v) is 15.8. The van der Waals surface area contributed by atoms with Crippen molar-refractivity contribution in [1.29, 1.82) is 0 Å². The third-order valence-electron chi connectivity index (χ3n) is 11.9. The number of amides is 2. The first kappa shape index (κ1) is 47.6. The first-order chi connectivity index (χ1) is 31.2. The highest BCUT2D eigenvalue weighted by molar-refractivity contribution is 6.03. The predicted octanol–water partition coefficient (Wildman–Crippen LogP) is 6.66. The molecule has 0 bridgehead atoms. The Labute approximate surface area is 372 Å². The van der Waals surface area contributed by atoms with Gasteiger partial charge in [-0.15, -0.1) is 6.58 Å². The van der Waals surface area contributed by atoms with Gasteiger partial charge < -0.3 is 49.2 Å². The van der Waals surface area contributed by atoms with Gasteiger partial charge in [0.05, 0.1) is 43.0 Å². The van der Waals surface area contributed by atoms with Crippen LogP contribution < -0.4 is 19.5 Å². The Bertz CT molecular complexity index is 2100. The lowest BCUT2D eigenvalue weighted by molar-refractivity contribution is -0.384. The second kappa shape index (κ2) is 23.2. The quantitative estimate of drug-likeness (QED) is 0.0339. The summed E-state index contributed by atoms with van der Waals surface area (Å²) in [7, 11) is 1.44. The molecule has 1 aliphatic heterocycles. The van der Waals surface area contributed by atoms with Crippen molar-refractivity contribution in [3.8, 4) is 17.2 Å². The number of nitrogens with zero attached hydrogens (tertiary/aromatic N) is 3. The number of benzene rings is 3. The maximum Gasteiger partial charge on any atom is 0.415 e. The molecule has 3 aromatic carbocycles. The van der Waals surface area contributed by atoms with Crippen LogP contribution >= 0.6 is 0 Å². The highest BCUT2D eigenvalue weighted by atomic mass is 16.7. The summed E-state index contributed by atoms with van der Waals surface area (Å²) in [6.07, 6.45) is 6.37. The Morgan fingerprint density at radius 1 is 0.969 bits per heavy atom. The van der Waals surface area contributed by atoms with Gasteiger partial charge in [0.15, 0.2) is 0 Å². The third kappa shape index (κ3) is 11.3. The normalized spacial score (nSPS) is 22.5. The molecule has 2 amide bonds. The monoisotopic (exact) mass is 886 g/mol. The number of nitrogens with one attached hydrogen (secondary N) is 1. The van der Waals surface area contributed by atoms with Gasteiger partial charge in [-0.25, -0.2) is 9.59 Å². The zero-order valence-electron chi connectivity index (χ0n) is 36.0. The molecule has 6 unspecified atom stereocenters. The van der Waals surface area contributed by atoms with E-state index in [0.717, 1.165) is 29.5 Å². The van der Waals surface area contributed by atoms with Crippen LogP contribution in [0.5, 0.6) is 17.2 Å². The first-order valence-corrected chi connectivity index (χ1v) is 21.7. The van der Waals surface area contributed by atoms with Crippen LogP contribution in [0, 0.1) is 27.9 Å². The van der Waals surface area contributed by atoms with Crippen LogP contribution in [0.1, 0.15) is 62.0 Å². The molecule has 4 N–H and O–H groups in total. The van der Waals surface area contributed by atoms with Gasteiger partial charge in [0.25, 0.3) is 5.69 Å². The van der Waals surface area contributed by atoms with Crippen LogP contribution in [0.2, 0.25) is 0 Å². The number of carbonyl (C=O) groups is 2. The molecule has 0 saturated heterocycles. The molecule has 6 rings (SSSR count). The number of hydrogen-bond donors (Lipinski definition) is 4. The van der Waals surface area contributed by atoms with Crippen LogP contribution in [0.25, 0.3) is 0 Å². The Morgan fingerprint density at radius 3 is 2.39 bits per heavy atom. The average Bonchev–Trinajstić information content (AvgIpc) is 3.30. The van der Waals surface area contributed by atoms with Crippen LogP contribution in [0.4, 0.5) is 15.3 Å². The fourth-order valence-electron chi connectivity index (χ4n) is 9.23. The van der Waals surface area contributed by atoms with Gasteiger partial charge in [0.1, 0.15) is 30.4 Å². The summed E-state index contributed by atoms with van der Waals surface area (Å²) in [5.74, 6) is -2.11. The van der Waals surface area contributed by atoms with E-state index in [9.17, 15) is 35.0 Å². The van der Waals surface area contributed by atoms with E-state index >= 15 is 0 Å². The lowest BCUT2D eigenvalue weighted by Gasteiger charge is -2.59. The number of carbonyl (C=O) groups excluding carboxylic acids is 2. The van der Waals surface area contributed by atoms with E-state index < -0.39 is 40.8 Å². The van der Waals surface area contributed by atoms with E-state index in [1.165, 1.54) is 36.3 Å². The number of unbranched alkanes of at least 4 members (excludes halogenated alkanes) is 2. The van der Waals surface area contributed by atoms with Crippen LogP contribution in [-0.4, -0.2) is 108 Å². The largest absolute Gasteiger partial charge is 0.459 e. The molecular formula is C47H58N4O13. The zero-order valence-corrected chi connectivity index (χ0v) is 36.0. The Balaban J connectivity index is 1.50. The number of fused-ring (bicyclic) bond motifs is 2. The van der Waals surface area contributed by atoms with Crippen molar-refractivity contribution in [2.75, 3.05) is 53.3 Å². The fourth-order valence-corrected chi connectivity index (χ4v) is 9.23. The number of rotatable bonds is 23. The summed E-state index contributed by atoms with van der Waals surface area (Å²) in [6.45, 7) is 3.95. The fraction of sp³-hybridized carbons (Fsp3) is 0.468. The molecule has 344 valence electrons. The topological polar surface area (TPSA) is 221 Å². The maximum absolute atomic E-state index is 14.6. The lowest BCUT2D eigenvalue weighted by Crippen LogP contribution is -2.70. The summed E-state index contributed by atoms with van der Waals surface area (Å²) in [4.78, 5) is 45.6. The van der Waals surface area contributed by atoms with Gasteiger partial charge in [-0.05, 0) is 79.0 Å². The van der Waals surface area contributed by atoms with Gasteiger partial charge in [0.2, 0.25) is 5.79 Å². The highest BCUT2D eigenvalue weighted by Gasteiger charge is 2.65. The summed E-state index contributed by atoms with van der Waals surface area (Å²) >= 11 is 0. The van der Waals surface area contributed by atoms with E-state index in [0.29, 0.717) is 37.1 Å². The molecule has 1 fully saturated rings. The van der Waals surface area contributed by atoms with E-state index in [2.05, 4.69) is 23.1 Å². The molecule has 64 heavy (non-hydrogen) atoms. The Kier molecular flexibility index (Phi) is 17.3. The van der Waals surface area contributed by atoms with E-state index in [-0.39, 0.29) is 88.2 Å². The SMILES string of the molecule is C=CCOC12Oc3ccc(OC(=O)NCc4ccccc4)cc3C3C(CCCCO)C(CCCCO)C=C(C(=NOC)CC1N(CCOCCO)C(=O)Oc1ccc([N+](=O)[O-])cc1)C32. The molecule has 0 aromatic heterocycles. The molecule has 2 aliphatic carbocycles. The smallest absolute Gasteiger partial charge is 0.415 e. The van der Waals surface area contributed by atoms with Crippen molar-refractivity contribution in [3.63, 3.8) is 0 Å². The number of nitro benzene ring substituents is 1. The minimum Gasteiger partial charge on any atom is -0.459 e. The number of nitro groups is 1. The molecule has 6 atom stereocenters. The Morgan fingerprint density at radius 2 is 1.70 bits per heavy atom. The van der Waals surface area contributed by atoms with Gasteiger partial charge in [-0.2, -0.15) is 0 Å². The molecule has 1 saturated carbocycles. The summed E-state index contributed by atoms with van der Waals surface area (Å²) in [5, 5.41) is 48.1. The number of non-ortho nitro benzene ring substituents is 1. The van der Waals surface area contributed by atoms with E-state index in [1.54, 1.807) is 18.2 Å². The van der Waals surface area contributed by atoms with Crippen molar-refractivity contribution in [2.24, 2.45) is 22.9 Å². The van der Waals surface area contributed by atoms with E-state index in [4.69, 9.17) is 28.5 Å². The molecule has 3 aliphatic rings. The van der Waals surface area contributed by atoms with Gasteiger partial charge in [-0.1, -0.05) is 60.5 Å². The highest BCUT2D eigenvalue weighted by Crippen LogP contribution is 2.62. The minimum atomic E-state index is -1.64. The van der Waals surface area contributed by atoms with Gasteiger partial charge >= 0.3 is 12.2 Å². The summed E-state index contributed by atoms with van der Waals surface area (Å²) in [6, 6.07) is 18.8. The van der Waals surface area contributed by atoms with Crippen molar-refractivity contribution >= 4 is 23.6 Å². The number of allylic oxidation sites excluding steroid dienone is 1. The van der Waals surface area contributed by atoms with E-state index in [1.807, 2.05) is 36.4 Å². The average molecular weight is 887 g/mol. The maximum atomic E-state index is 14.6. The molecule has 17 nitrogen and oxygen atoms in total. The minimum absolute atomic E-state index is 0.00320. The summed E-state index contributed by atoms with van der Waals surface area (Å²) < 4.78 is 31.6.